The van der Waals surface area contributed by atoms with Gasteiger partial charge in [-0.2, -0.15) is 0 Å². The molecule has 1 saturated carbocycles. The lowest BCUT2D eigenvalue weighted by Gasteiger charge is -2.26. The Morgan fingerprint density at radius 1 is 1.33 bits per heavy atom. The van der Waals surface area contributed by atoms with Gasteiger partial charge in [-0.15, -0.1) is 11.6 Å². The van der Waals surface area contributed by atoms with Crippen molar-refractivity contribution in [2.45, 2.75) is 25.7 Å². The number of nitrogens with one attached hydrogen (secondary N) is 1. The predicted molar refractivity (Wildman–Crippen MR) is 75.4 cm³/mol. The van der Waals surface area contributed by atoms with E-state index in [0.717, 1.165) is 12.8 Å². The first-order chi connectivity index (χ1) is 8.65. The summed E-state index contributed by atoms with van der Waals surface area (Å²) in [6.07, 6.45) is 4.62. The number of hydrogen-bond donors (Lipinski definition) is 1. The maximum absolute atomic E-state index is 12.0. The molecule has 1 aliphatic carbocycles. The Bertz CT molecular complexity index is 428. The first kappa shape index (κ1) is 13.7. The highest BCUT2D eigenvalue weighted by Gasteiger charge is 2.33. The van der Waals surface area contributed by atoms with Crippen molar-refractivity contribution in [3.63, 3.8) is 0 Å². The fourth-order valence-electron chi connectivity index (χ4n) is 2.48. The number of amides is 1. The van der Waals surface area contributed by atoms with E-state index in [4.69, 9.17) is 23.2 Å². The molecule has 0 unspecified atom stereocenters. The van der Waals surface area contributed by atoms with Crippen LogP contribution in [-0.2, 0) is 0 Å². The smallest absolute Gasteiger partial charge is 0.251 e. The molecule has 1 amide bonds. The normalized spacial score (nSPS) is 17.7. The summed E-state index contributed by atoms with van der Waals surface area (Å²) in [7, 11) is 0. The minimum atomic E-state index is -0.0751. The summed E-state index contributed by atoms with van der Waals surface area (Å²) in [5, 5.41) is 3.56. The Morgan fingerprint density at radius 2 is 2.06 bits per heavy atom. The minimum Gasteiger partial charge on any atom is -0.351 e. The van der Waals surface area contributed by atoms with Crippen LogP contribution in [0.25, 0.3) is 0 Å². The van der Waals surface area contributed by atoms with Crippen molar-refractivity contribution >= 4 is 29.1 Å². The molecular weight excluding hydrogens is 269 g/mol. The quantitative estimate of drug-likeness (QED) is 0.836. The summed E-state index contributed by atoms with van der Waals surface area (Å²) < 4.78 is 0. The average Bonchev–Trinajstić information content (AvgIpc) is 2.85. The van der Waals surface area contributed by atoms with Gasteiger partial charge < -0.3 is 5.32 Å². The molecule has 4 heteroatoms. The van der Waals surface area contributed by atoms with Crippen LogP contribution in [0.2, 0.25) is 5.02 Å². The zero-order chi connectivity index (χ0) is 13.0. The Hall–Kier alpha value is -0.730. The van der Waals surface area contributed by atoms with E-state index in [9.17, 15) is 4.79 Å². The van der Waals surface area contributed by atoms with E-state index in [1.54, 1.807) is 24.3 Å². The third kappa shape index (κ3) is 3.18. The summed E-state index contributed by atoms with van der Waals surface area (Å²) in [6, 6.07) is 6.99. The monoisotopic (exact) mass is 285 g/mol. The second-order valence-corrected chi connectivity index (χ2v) is 5.74. The molecule has 0 atom stereocenters. The van der Waals surface area contributed by atoms with Gasteiger partial charge in [-0.05, 0) is 31.0 Å². The summed E-state index contributed by atoms with van der Waals surface area (Å²) >= 11 is 11.9. The summed E-state index contributed by atoms with van der Waals surface area (Å²) in [6.45, 7) is 0.655. The second kappa shape index (κ2) is 5.94. The van der Waals surface area contributed by atoms with Gasteiger partial charge in [-0.1, -0.05) is 30.5 Å². The van der Waals surface area contributed by atoms with Crippen LogP contribution >= 0.6 is 23.2 Å². The van der Waals surface area contributed by atoms with Gasteiger partial charge in [0.1, 0.15) is 0 Å². The van der Waals surface area contributed by atoms with Gasteiger partial charge in [0.25, 0.3) is 5.91 Å². The van der Waals surface area contributed by atoms with Gasteiger partial charge in [-0.3, -0.25) is 4.79 Å². The molecule has 98 valence electrons. The van der Waals surface area contributed by atoms with Crippen LogP contribution in [0.3, 0.4) is 0 Å². The van der Waals surface area contributed by atoms with Crippen LogP contribution in [-0.4, -0.2) is 18.3 Å². The van der Waals surface area contributed by atoms with Crippen molar-refractivity contribution in [1.82, 2.24) is 5.32 Å². The van der Waals surface area contributed by atoms with Crippen molar-refractivity contribution in [3.05, 3.63) is 34.9 Å². The molecule has 2 nitrogen and oxygen atoms in total. The molecule has 0 aliphatic heterocycles. The molecule has 0 heterocycles. The van der Waals surface area contributed by atoms with Crippen LogP contribution in [0.4, 0.5) is 0 Å². The molecule has 2 rings (SSSR count). The fraction of sp³-hybridized carbons (Fsp3) is 0.500. The lowest BCUT2D eigenvalue weighted by Crippen LogP contribution is -2.37. The predicted octanol–water partition coefficient (Wildman–Crippen LogP) is 3.87. The van der Waals surface area contributed by atoms with E-state index in [0.29, 0.717) is 23.0 Å². The van der Waals surface area contributed by atoms with E-state index >= 15 is 0 Å². The van der Waals surface area contributed by atoms with Gasteiger partial charge in [0.05, 0.1) is 0 Å². The number of rotatable bonds is 4. The van der Waals surface area contributed by atoms with Crippen molar-refractivity contribution in [2.75, 3.05) is 12.4 Å². The largest absolute Gasteiger partial charge is 0.351 e. The second-order valence-electron chi connectivity index (χ2n) is 5.03. The third-order valence-electron chi connectivity index (χ3n) is 3.66. The minimum absolute atomic E-state index is 0.0751. The topological polar surface area (TPSA) is 29.1 Å². The molecule has 0 saturated heterocycles. The molecule has 1 aromatic rings. The molecule has 0 spiro atoms. The molecule has 1 fully saturated rings. The molecule has 0 radical (unpaired) electrons. The van der Waals surface area contributed by atoms with Crippen LogP contribution in [0.1, 0.15) is 36.0 Å². The highest BCUT2D eigenvalue weighted by molar-refractivity contribution is 6.30. The van der Waals surface area contributed by atoms with Crippen LogP contribution in [0, 0.1) is 5.41 Å². The molecule has 0 bridgehead atoms. The van der Waals surface area contributed by atoms with Gasteiger partial charge in [0.15, 0.2) is 0 Å². The summed E-state index contributed by atoms with van der Waals surface area (Å²) in [4.78, 5) is 12.0. The molecule has 18 heavy (non-hydrogen) atoms. The highest BCUT2D eigenvalue weighted by Crippen LogP contribution is 2.38. The number of alkyl halides is 1. The Balaban J connectivity index is 1.96. The highest BCUT2D eigenvalue weighted by atomic mass is 35.5. The maximum atomic E-state index is 12.0. The van der Waals surface area contributed by atoms with Crippen molar-refractivity contribution in [1.29, 1.82) is 0 Å². The SMILES string of the molecule is O=C(NCC1(CCl)CCCC1)c1cccc(Cl)c1. The number of halogens is 2. The van der Waals surface area contributed by atoms with Crippen LogP contribution < -0.4 is 5.32 Å². The van der Waals surface area contributed by atoms with E-state index in [1.165, 1.54) is 12.8 Å². The molecule has 1 N–H and O–H groups in total. The van der Waals surface area contributed by atoms with Gasteiger partial charge in [0, 0.05) is 28.4 Å². The zero-order valence-corrected chi connectivity index (χ0v) is 11.7. The van der Waals surface area contributed by atoms with E-state index in [2.05, 4.69) is 5.32 Å². The van der Waals surface area contributed by atoms with Crippen molar-refractivity contribution < 1.29 is 4.79 Å². The maximum Gasteiger partial charge on any atom is 0.251 e. The molecule has 0 aromatic heterocycles. The number of carbonyl (C=O) groups excluding carboxylic acids is 1. The number of carbonyl (C=O) groups is 1. The molecule has 1 aromatic carbocycles. The summed E-state index contributed by atoms with van der Waals surface area (Å²) in [5.41, 5.74) is 0.695. The van der Waals surface area contributed by atoms with E-state index < -0.39 is 0 Å². The standard InChI is InChI=1S/C14H17Cl2NO/c15-9-14(6-1-2-7-14)10-17-13(18)11-4-3-5-12(16)8-11/h3-5,8H,1-2,6-7,9-10H2,(H,17,18). The van der Waals surface area contributed by atoms with Gasteiger partial charge >= 0.3 is 0 Å². The molecular formula is C14H17Cl2NO. The lowest BCUT2D eigenvalue weighted by molar-refractivity contribution is 0.0935. The van der Waals surface area contributed by atoms with Crippen LogP contribution in [0.15, 0.2) is 24.3 Å². The Labute approximate surface area is 118 Å². The lowest BCUT2D eigenvalue weighted by atomic mass is 9.88. The zero-order valence-electron chi connectivity index (χ0n) is 10.2. The fourth-order valence-corrected chi connectivity index (χ4v) is 3.03. The van der Waals surface area contributed by atoms with E-state index in [-0.39, 0.29) is 11.3 Å². The number of benzene rings is 1. The molecule has 1 aliphatic rings. The Morgan fingerprint density at radius 3 is 2.67 bits per heavy atom. The van der Waals surface area contributed by atoms with Gasteiger partial charge in [0.2, 0.25) is 0 Å². The van der Waals surface area contributed by atoms with Crippen LogP contribution in [0.5, 0.6) is 0 Å². The van der Waals surface area contributed by atoms with Gasteiger partial charge in [-0.25, -0.2) is 0 Å². The first-order valence-electron chi connectivity index (χ1n) is 6.25. The Kier molecular flexibility index (Phi) is 4.52. The third-order valence-corrected chi connectivity index (χ3v) is 4.46. The number of hydrogen-bond acceptors (Lipinski definition) is 1. The average molecular weight is 286 g/mol. The van der Waals surface area contributed by atoms with Crippen molar-refractivity contribution in [2.24, 2.45) is 5.41 Å². The summed E-state index contributed by atoms with van der Waals surface area (Å²) in [5.74, 6) is 0.539. The van der Waals surface area contributed by atoms with E-state index in [1.807, 2.05) is 0 Å². The first-order valence-corrected chi connectivity index (χ1v) is 7.16. The van der Waals surface area contributed by atoms with Crippen molar-refractivity contribution in [3.8, 4) is 0 Å².